The third kappa shape index (κ3) is 3.64. The minimum atomic E-state index is -0.0206. The molecule has 1 aliphatic rings. The van der Waals surface area contributed by atoms with Gasteiger partial charge >= 0.3 is 0 Å². The highest BCUT2D eigenvalue weighted by Gasteiger charge is 2.26. The first-order valence-corrected chi connectivity index (χ1v) is 8.59. The van der Waals surface area contributed by atoms with Crippen LogP contribution in [-0.4, -0.2) is 36.2 Å². The third-order valence-electron chi connectivity index (χ3n) is 3.89. The zero-order valence-corrected chi connectivity index (χ0v) is 14.9. The fourth-order valence-electron chi connectivity index (χ4n) is 2.52. The van der Waals surface area contributed by atoms with Crippen molar-refractivity contribution < 1.29 is 9.47 Å². The van der Waals surface area contributed by atoms with Gasteiger partial charge in [-0.1, -0.05) is 32.9 Å². The molecule has 0 radical (unpaired) electrons. The standard InChI is InChI=1S/C17H23N3O2S/c1-17(2,3)15-18-16(23-19-15)20-8-9-22-14(11-20)12-6-5-7-13(10-12)21-4/h5-7,10,14H,8-9,11H2,1-4H3. The van der Waals surface area contributed by atoms with Crippen LogP contribution in [0.3, 0.4) is 0 Å². The maximum absolute atomic E-state index is 5.95. The molecular formula is C17H23N3O2S. The molecule has 2 heterocycles. The van der Waals surface area contributed by atoms with Gasteiger partial charge in [-0.2, -0.15) is 4.37 Å². The summed E-state index contributed by atoms with van der Waals surface area (Å²) in [5.74, 6) is 1.76. The normalized spacial score (nSPS) is 19.0. The highest BCUT2D eigenvalue weighted by atomic mass is 32.1. The molecule has 0 spiro atoms. The van der Waals surface area contributed by atoms with Crippen LogP contribution < -0.4 is 9.64 Å². The van der Waals surface area contributed by atoms with Crippen LogP contribution in [0.5, 0.6) is 5.75 Å². The van der Waals surface area contributed by atoms with Gasteiger partial charge in [-0.25, -0.2) is 4.98 Å². The van der Waals surface area contributed by atoms with E-state index in [9.17, 15) is 0 Å². The van der Waals surface area contributed by atoms with Crippen molar-refractivity contribution in [2.24, 2.45) is 0 Å². The van der Waals surface area contributed by atoms with Gasteiger partial charge in [0.15, 0.2) is 0 Å². The summed E-state index contributed by atoms with van der Waals surface area (Å²) in [7, 11) is 1.68. The number of ether oxygens (including phenoxy) is 2. The van der Waals surface area contributed by atoms with Crippen LogP contribution in [-0.2, 0) is 10.2 Å². The van der Waals surface area contributed by atoms with E-state index in [1.807, 2.05) is 18.2 Å². The first kappa shape index (κ1) is 16.2. The predicted octanol–water partition coefficient (Wildman–Crippen LogP) is 3.42. The molecule has 1 aliphatic heterocycles. The number of aromatic nitrogens is 2. The smallest absolute Gasteiger partial charge is 0.205 e. The second-order valence-corrected chi connectivity index (χ2v) is 7.46. The Morgan fingerprint density at radius 2 is 2.17 bits per heavy atom. The number of morpholine rings is 1. The largest absolute Gasteiger partial charge is 0.497 e. The summed E-state index contributed by atoms with van der Waals surface area (Å²) < 4.78 is 15.8. The lowest BCUT2D eigenvalue weighted by atomic mass is 9.96. The zero-order chi connectivity index (χ0) is 16.4. The van der Waals surface area contributed by atoms with Crippen LogP contribution in [0.25, 0.3) is 0 Å². The number of benzene rings is 1. The van der Waals surface area contributed by atoms with E-state index in [1.165, 1.54) is 11.5 Å². The van der Waals surface area contributed by atoms with Crippen LogP contribution in [0, 0.1) is 0 Å². The minimum Gasteiger partial charge on any atom is -0.497 e. The molecule has 1 fully saturated rings. The van der Waals surface area contributed by atoms with Crippen molar-refractivity contribution in [3.63, 3.8) is 0 Å². The molecule has 0 bridgehead atoms. The first-order valence-electron chi connectivity index (χ1n) is 7.82. The van der Waals surface area contributed by atoms with Gasteiger partial charge in [-0.05, 0) is 17.7 Å². The summed E-state index contributed by atoms with van der Waals surface area (Å²) in [6.07, 6.45) is 0.0286. The molecule has 2 aromatic rings. The van der Waals surface area contributed by atoms with Gasteiger partial charge in [0.2, 0.25) is 5.13 Å². The van der Waals surface area contributed by atoms with Gasteiger partial charge in [-0.3, -0.25) is 0 Å². The Morgan fingerprint density at radius 1 is 1.35 bits per heavy atom. The van der Waals surface area contributed by atoms with Crippen molar-refractivity contribution in [3.05, 3.63) is 35.7 Å². The van der Waals surface area contributed by atoms with Crippen LogP contribution in [0.4, 0.5) is 5.13 Å². The molecule has 23 heavy (non-hydrogen) atoms. The van der Waals surface area contributed by atoms with Gasteiger partial charge in [-0.15, -0.1) is 0 Å². The molecule has 3 rings (SSSR count). The van der Waals surface area contributed by atoms with E-state index >= 15 is 0 Å². The fraction of sp³-hybridized carbons (Fsp3) is 0.529. The van der Waals surface area contributed by atoms with Crippen LogP contribution in [0.1, 0.15) is 38.3 Å². The first-order chi connectivity index (χ1) is 11.0. The summed E-state index contributed by atoms with van der Waals surface area (Å²) in [4.78, 5) is 6.98. The number of anilines is 1. The number of hydrogen-bond acceptors (Lipinski definition) is 6. The van der Waals surface area contributed by atoms with E-state index in [4.69, 9.17) is 14.5 Å². The molecule has 1 aromatic carbocycles. The molecule has 124 valence electrons. The molecule has 5 nitrogen and oxygen atoms in total. The summed E-state index contributed by atoms with van der Waals surface area (Å²) >= 11 is 1.47. The Hall–Kier alpha value is -1.66. The second-order valence-electron chi connectivity index (χ2n) is 6.73. The highest BCUT2D eigenvalue weighted by Crippen LogP contribution is 2.30. The lowest BCUT2D eigenvalue weighted by Gasteiger charge is -2.32. The summed E-state index contributed by atoms with van der Waals surface area (Å²) in [6.45, 7) is 8.73. The molecule has 1 unspecified atom stereocenters. The van der Waals surface area contributed by atoms with Crippen molar-refractivity contribution >= 4 is 16.7 Å². The van der Waals surface area contributed by atoms with Crippen LogP contribution >= 0.6 is 11.5 Å². The molecule has 0 N–H and O–H groups in total. The average molecular weight is 333 g/mol. The van der Waals surface area contributed by atoms with Crippen molar-refractivity contribution in [2.45, 2.75) is 32.3 Å². The summed E-state index contributed by atoms with van der Waals surface area (Å²) in [5.41, 5.74) is 1.11. The third-order valence-corrected chi connectivity index (χ3v) is 4.67. The second kappa shape index (κ2) is 6.45. The van der Waals surface area contributed by atoms with Crippen molar-refractivity contribution in [1.82, 2.24) is 9.36 Å². The van der Waals surface area contributed by atoms with Gasteiger partial charge < -0.3 is 14.4 Å². The van der Waals surface area contributed by atoms with E-state index in [2.05, 4.69) is 36.1 Å². The van der Waals surface area contributed by atoms with Crippen molar-refractivity contribution in [2.75, 3.05) is 31.7 Å². The van der Waals surface area contributed by atoms with Gasteiger partial charge in [0.25, 0.3) is 0 Å². The molecule has 0 saturated carbocycles. The SMILES string of the molecule is COc1cccc(C2CN(c3nc(C(C)(C)C)ns3)CCO2)c1. The molecule has 6 heteroatoms. The Bertz CT molecular complexity index is 666. The Morgan fingerprint density at radius 3 is 2.87 bits per heavy atom. The van der Waals surface area contributed by atoms with Gasteiger partial charge in [0.1, 0.15) is 17.7 Å². The van der Waals surface area contributed by atoms with E-state index in [0.717, 1.165) is 35.4 Å². The van der Waals surface area contributed by atoms with E-state index in [1.54, 1.807) is 7.11 Å². The molecule has 1 aromatic heterocycles. The van der Waals surface area contributed by atoms with Gasteiger partial charge in [0, 0.05) is 23.5 Å². The molecule has 1 saturated heterocycles. The molecule has 1 atom stereocenters. The van der Waals surface area contributed by atoms with Gasteiger partial charge in [0.05, 0.1) is 20.3 Å². The quantitative estimate of drug-likeness (QED) is 0.861. The lowest BCUT2D eigenvalue weighted by molar-refractivity contribution is 0.0396. The number of nitrogens with zero attached hydrogens (tertiary/aromatic N) is 3. The highest BCUT2D eigenvalue weighted by molar-refractivity contribution is 7.09. The summed E-state index contributed by atoms with van der Waals surface area (Å²) in [6, 6.07) is 8.07. The average Bonchev–Trinajstić information content (AvgIpc) is 3.05. The van der Waals surface area contributed by atoms with Crippen LogP contribution in [0.2, 0.25) is 0 Å². The van der Waals surface area contributed by atoms with Crippen molar-refractivity contribution in [1.29, 1.82) is 0 Å². The minimum absolute atomic E-state index is 0.0206. The summed E-state index contributed by atoms with van der Waals surface area (Å²) in [5, 5.41) is 0.978. The van der Waals surface area contributed by atoms with E-state index < -0.39 is 0 Å². The Balaban J connectivity index is 1.76. The monoisotopic (exact) mass is 333 g/mol. The number of rotatable bonds is 3. The number of methoxy groups -OCH3 is 1. The Labute approximate surface area is 141 Å². The topological polar surface area (TPSA) is 47.5 Å². The van der Waals surface area contributed by atoms with Crippen LogP contribution in [0.15, 0.2) is 24.3 Å². The predicted molar refractivity (Wildman–Crippen MR) is 92.5 cm³/mol. The van der Waals surface area contributed by atoms with E-state index in [-0.39, 0.29) is 11.5 Å². The zero-order valence-electron chi connectivity index (χ0n) is 14.1. The molecule has 0 aliphatic carbocycles. The Kier molecular flexibility index (Phi) is 4.55. The molecular weight excluding hydrogens is 310 g/mol. The maximum Gasteiger partial charge on any atom is 0.205 e. The lowest BCUT2D eigenvalue weighted by Crippen LogP contribution is -2.38. The number of hydrogen-bond donors (Lipinski definition) is 0. The molecule has 0 amide bonds. The maximum atomic E-state index is 5.95. The fourth-order valence-corrected chi connectivity index (χ4v) is 3.41. The van der Waals surface area contributed by atoms with E-state index in [0.29, 0.717) is 6.61 Å². The van der Waals surface area contributed by atoms with Crippen molar-refractivity contribution in [3.8, 4) is 5.75 Å².